The number of hydrogen-bond acceptors (Lipinski definition) is 6. The highest BCUT2D eigenvalue weighted by Gasteiger charge is 2.48. The van der Waals surface area contributed by atoms with Gasteiger partial charge in [0, 0.05) is 20.6 Å². The average molecular weight is 256 g/mol. The molecule has 0 aromatic rings. The molecule has 1 saturated heterocycles. The molecule has 2 N–H and O–H groups in total. The second-order valence-electron chi connectivity index (χ2n) is 4.45. The van der Waals surface area contributed by atoms with Gasteiger partial charge in [0.15, 0.2) is 12.2 Å². The second kappa shape index (κ2) is 4.54. The maximum Gasteiger partial charge on any atom is 0.328 e. The SMILES string of the molecule is CN1C(=O)C2C(N=CN2CC(O)CO)N(C)C1=O. The molecule has 100 valence electrons. The summed E-state index contributed by atoms with van der Waals surface area (Å²) in [5, 5.41) is 18.2. The van der Waals surface area contributed by atoms with E-state index in [-0.39, 0.29) is 19.1 Å². The van der Waals surface area contributed by atoms with Gasteiger partial charge in [-0.25, -0.2) is 9.79 Å². The molecule has 0 saturated carbocycles. The lowest BCUT2D eigenvalue weighted by molar-refractivity contribution is -0.136. The van der Waals surface area contributed by atoms with Gasteiger partial charge in [-0.2, -0.15) is 0 Å². The van der Waals surface area contributed by atoms with E-state index in [1.807, 2.05) is 0 Å². The van der Waals surface area contributed by atoms with Crippen LogP contribution in [-0.4, -0.2) is 88.7 Å². The first-order valence-corrected chi connectivity index (χ1v) is 5.59. The topological polar surface area (TPSA) is 96.7 Å². The summed E-state index contributed by atoms with van der Waals surface area (Å²) < 4.78 is 0. The number of hydrogen-bond donors (Lipinski definition) is 2. The van der Waals surface area contributed by atoms with Crippen LogP contribution < -0.4 is 0 Å². The van der Waals surface area contributed by atoms with E-state index in [4.69, 9.17) is 5.11 Å². The number of carbonyl (C=O) groups is 2. The fraction of sp³-hybridized carbons (Fsp3) is 0.700. The van der Waals surface area contributed by atoms with E-state index >= 15 is 0 Å². The number of rotatable bonds is 3. The van der Waals surface area contributed by atoms with Crippen LogP contribution in [0, 0.1) is 0 Å². The molecule has 2 aliphatic rings. The Balaban J connectivity index is 2.19. The van der Waals surface area contributed by atoms with Gasteiger partial charge in [0.25, 0.3) is 5.91 Å². The predicted molar refractivity (Wildman–Crippen MR) is 61.8 cm³/mol. The minimum Gasteiger partial charge on any atom is -0.394 e. The average Bonchev–Trinajstić information content (AvgIpc) is 2.77. The van der Waals surface area contributed by atoms with Gasteiger partial charge in [-0.3, -0.25) is 9.69 Å². The van der Waals surface area contributed by atoms with Crippen LogP contribution in [0.1, 0.15) is 0 Å². The number of carbonyl (C=O) groups excluding carboxylic acids is 2. The molecular weight excluding hydrogens is 240 g/mol. The fourth-order valence-corrected chi connectivity index (χ4v) is 2.16. The Morgan fingerprint density at radius 1 is 1.44 bits per heavy atom. The molecule has 2 heterocycles. The monoisotopic (exact) mass is 256 g/mol. The van der Waals surface area contributed by atoms with Crippen LogP contribution in [0.15, 0.2) is 4.99 Å². The molecule has 0 aliphatic carbocycles. The largest absolute Gasteiger partial charge is 0.394 e. The van der Waals surface area contributed by atoms with Gasteiger partial charge in [-0.05, 0) is 0 Å². The van der Waals surface area contributed by atoms with Crippen molar-refractivity contribution in [3.8, 4) is 0 Å². The lowest BCUT2D eigenvalue weighted by atomic mass is 10.1. The highest BCUT2D eigenvalue weighted by Crippen LogP contribution is 2.24. The normalized spacial score (nSPS) is 29.0. The van der Waals surface area contributed by atoms with Gasteiger partial charge >= 0.3 is 6.03 Å². The summed E-state index contributed by atoms with van der Waals surface area (Å²) in [7, 11) is 2.99. The molecular formula is C10H16N4O4. The molecule has 0 radical (unpaired) electrons. The summed E-state index contributed by atoms with van der Waals surface area (Å²) in [5.41, 5.74) is 0. The molecule has 8 heteroatoms. The van der Waals surface area contributed by atoms with E-state index in [9.17, 15) is 14.7 Å². The first-order chi connectivity index (χ1) is 8.47. The van der Waals surface area contributed by atoms with Crippen molar-refractivity contribution < 1.29 is 19.8 Å². The molecule has 2 aliphatic heterocycles. The fourth-order valence-electron chi connectivity index (χ4n) is 2.16. The Hall–Kier alpha value is -1.67. The molecule has 3 unspecified atom stereocenters. The number of aliphatic hydroxyl groups excluding tert-OH is 2. The van der Waals surface area contributed by atoms with Gasteiger partial charge < -0.3 is 20.0 Å². The van der Waals surface area contributed by atoms with Crippen LogP contribution in [0.3, 0.4) is 0 Å². The van der Waals surface area contributed by atoms with E-state index in [2.05, 4.69) is 4.99 Å². The molecule has 3 amide bonds. The lowest BCUT2D eigenvalue weighted by Gasteiger charge is -2.39. The summed E-state index contributed by atoms with van der Waals surface area (Å²) in [6, 6.07) is -1.03. The number of aliphatic hydroxyl groups is 2. The Labute approximate surface area is 104 Å². The zero-order valence-electron chi connectivity index (χ0n) is 10.2. The summed E-state index contributed by atoms with van der Waals surface area (Å²) in [4.78, 5) is 31.8. The number of nitrogens with zero attached hydrogens (tertiary/aromatic N) is 4. The quantitative estimate of drug-likeness (QED) is 0.603. The summed E-state index contributed by atoms with van der Waals surface area (Å²) in [6.07, 6.45) is -0.0713. The first kappa shape index (κ1) is 12.8. The standard InChI is InChI=1S/C10H16N4O4/c1-12-8-7(9(17)13(2)10(12)18)14(5-11-8)3-6(16)4-15/h5-8,15-16H,3-4H2,1-2H3. The highest BCUT2D eigenvalue weighted by atomic mass is 16.3. The molecule has 0 aromatic carbocycles. The van der Waals surface area contributed by atoms with Crippen LogP contribution in [0.2, 0.25) is 0 Å². The van der Waals surface area contributed by atoms with E-state index in [1.54, 1.807) is 11.9 Å². The first-order valence-electron chi connectivity index (χ1n) is 5.59. The van der Waals surface area contributed by atoms with Crippen molar-refractivity contribution in [2.45, 2.75) is 18.3 Å². The van der Waals surface area contributed by atoms with Crippen molar-refractivity contribution in [1.82, 2.24) is 14.7 Å². The van der Waals surface area contributed by atoms with Crippen molar-refractivity contribution in [3.63, 3.8) is 0 Å². The number of amides is 3. The Morgan fingerprint density at radius 2 is 2.11 bits per heavy atom. The zero-order valence-corrected chi connectivity index (χ0v) is 10.2. The Morgan fingerprint density at radius 3 is 2.72 bits per heavy atom. The third kappa shape index (κ3) is 1.83. The lowest BCUT2D eigenvalue weighted by Crippen LogP contribution is -2.64. The molecule has 0 aromatic heterocycles. The van der Waals surface area contributed by atoms with Crippen molar-refractivity contribution >= 4 is 18.3 Å². The summed E-state index contributed by atoms with van der Waals surface area (Å²) in [6.45, 7) is -0.288. The van der Waals surface area contributed by atoms with Gasteiger partial charge in [-0.15, -0.1) is 0 Å². The molecule has 0 bridgehead atoms. The van der Waals surface area contributed by atoms with Crippen LogP contribution in [0.25, 0.3) is 0 Å². The summed E-state index contributed by atoms with van der Waals surface area (Å²) in [5.74, 6) is -0.356. The van der Waals surface area contributed by atoms with Crippen LogP contribution in [0.4, 0.5) is 4.79 Å². The van der Waals surface area contributed by atoms with Crippen molar-refractivity contribution in [2.24, 2.45) is 4.99 Å². The molecule has 8 nitrogen and oxygen atoms in total. The maximum atomic E-state index is 12.1. The van der Waals surface area contributed by atoms with E-state index in [0.717, 1.165) is 4.90 Å². The van der Waals surface area contributed by atoms with Crippen molar-refractivity contribution in [2.75, 3.05) is 27.2 Å². The number of imide groups is 1. The molecule has 0 spiro atoms. The Bertz CT molecular complexity index is 399. The zero-order chi connectivity index (χ0) is 13.4. The smallest absolute Gasteiger partial charge is 0.328 e. The minimum absolute atomic E-state index is 0.1000. The number of likely N-dealkylation sites (N-methyl/N-ethyl adjacent to an activating group) is 2. The third-order valence-electron chi connectivity index (χ3n) is 3.21. The predicted octanol–water partition coefficient (Wildman–Crippen LogP) is -2.10. The van der Waals surface area contributed by atoms with E-state index in [0.29, 0.717) is 0 Å². The number of urea groups is 1. The number of β-amino-alcohol motifs (C(OH)–C–C–N with tert-alkyl or cyclic N) is 1. The summed E-state index contributed by atoms with van der Waals surface area (Å²) >= 11 is 0. The maximum absolute atomic E-state index is 12.1. The number of fused-ring (bicyclic) bond motifs is 1. The third-order valence-corrected chi connectivity index (χ3v) is 3.21. The van der Waals surface area contributed by atoms with Crippen LogP contribution in [-0.2, 0) is 4.79 Å². The van der Waals surface area contributed by atoms with Gasteiger partial charge in [0.2, 0.25) is 0 Å². The van der Waals surface area contributed by atoms with Crippen molar-refractivity contribution in [1.29, 1.82) is 0 Å². The van der Waals surface area contributed by atoms with E-state index < -0.39 is 24.3 Å². The minimum atomic E-state index is -0.948. The highest BCUT2D eigenvalue weighted by molar-refractivity contribution is 6.01. The molecule has 18 heavy (non-hydrogen) atoms. The van der Waals surface area contributed by atoms with Gasteiger partial charge in [-0.1, -0.05) is 0 Å². The van der Waals surface area contributed by atoms with Crippen LogP contribution >= 0.6 is 0 Å². The molecule has 3 atom stereocenters. The van der Waals surface area contributed by atoms with E-state index in [1.165, 1.54) is 18.3 Å². The number of aliphatic imine (C=N–C) groups is 1. The Kier molecular flexibility index (Phi) is 3.22. The van der Waals surface area contributed by atoms with Gasteiger partial charge in [0.05, 0.1) is 19.0 Å². The molecule has 1 fully saturated rings. The second-order valence-corrected chi connectivity index (χ2v) is 4.45. The van der Waals surface area contributed by atoms with Crippen molar-refractivity contribution in [3.05, 3.63) is 0 Å². The van der Waals surface area contributed by atoms with Gasteiger partial charge in [0.1, 0.15) is 0 Å². The van der Waals surface area contributed by atoms with Crippen LogP contribution in [0.5, 0.6) is 0 Å². The molecule has 2 rings (SSSR count).